The molecule has 6 aromatic heterocycles. The molecule has 9 heterocycles. The molecular formula is C87H60N10O3. The fourth-order valence-electron chi connectivity index (χ4n) is 15.5. The first-order valence-corrected chi connectivity index (χ1v) is 34.2. The summed E-state index contributed by atoms with van der Waals surface area (Å²) in [5.74, 6) is 8.10. The SMILES string of the molecule is CCc1nc2ccc(-c3nc4ccccc4nc3-c3ccccc3)c3c2n1-c1ccccc1O3.CCc1nc2ccc(-n3c4ccccc4c4c5ccccc5ccc43)c3c2n1-c1ccccc1O3.CCc1nc2ccc(-n3c4ccccc4c4ccccc43)c3c2n1-c1ccccc1O3. The van der Waals surface area contributed by atoms with Crippen molar-refractivity contribution in [2.24, 2.45) is 0 Å². The molecule has 0 atom stereocenters. The van der Waals surface area contributed by atoms with Crippen LogP contribution in [0.15, 0.2) is 273 Å². The molecule has 0 aliphatic carbocycles. The van der Waals surface area contributed by atoms with E-state index in [-0.39, 0.29) is 0 Å². The number of imidazole rings is 3. The third-order valence-electron chi connectivity index (χ3n) is 19.9. The van der Waals surface area contributed by atoms with E-state index in [0.717, 1.165) is 166 Å². The molecular weight excluding hydrogens is 1230 g/mol. The number of hydrogen-bond acceptors (Lipinski definition) is 8. The number of ether oxygens (including phenoxy) is 3. The number of para-hydroxylation sites is 11. The van der Waals surface area contributed by atoms with Crippen LogP contribution in [0.2, 0.25) is 0 Å². The second-order valence-corrected chi connectivity index (χ2v) is 25.4. The van der Waals surface area contributed by atoms with E-state index in [1.54, 1.807) is 0 Å². The summed E-state index contributed by atoms with van der Waals surface area (Å²) in [6, 6.07) is 94.3. The first-order valence-electron chi connectivity index (χ1n) is 34.2. The second kappa shape index (κ2) is 22.5. The molecule has 0 amide bonds. The number of rotatable bonds is 7. The average Bonchev–Trinajstić information content (AvgIpc) is 1.53. The summed E-state index contributed by atoms with van der Waals surface area (Å²) in [6.45, 7) is 6.43. The van der Waals surface area contributed by atoms with Crippen molar-refractivity contribution in [1.29, 1.82) is 0 Å². The molecule has 0 saturated carbocycles. The van der Waals surface area contributed by atoms with Gasteiger partial charge in [0.25, 0.3) is 0 Å². The fourth-order valence-corrected chi connectivity index (χ4v) is 15.5. The van der Waals surface area contributed by atoms with Crippen LogP contribution in [-0.2, 0) is 19.3 Å². The fraction of sp³-hybridized carbons (Fsp3) is 0.0690. The second-order valence-electron chi connectivity index (χ2n) is 25.4. The van der Waals surface area contributed by atoms with Gasteiger partial charge in [-0.15, -0.1) is 0 Å². The molecule has 3 aliphatic rings. The van der Waals surface area contributed by atoms with Gasteiger partial charge < -0.3 is 23.3 Å². The number of nitrogens with zero attached hydrogens (tertiary/aromatic N) is 10. The Morgan fingerprint density at radius 2 is 0.670 bits per heavy atom. The number of fused-ring (bicyclic) bond motifs is 15. The topological polar surface area (TPSA) is 117 Å². The highest BCUT2D eigenvalue weighted by Crippen LogP contribution is 2.51. The lowest BCUT2D eigenvalue weighted by Crippen LogP contribution is -2.09. The predicted octanol–water partition coefficient (Wildman–Crippen LogP) is 21.7. The van der Waals surface area contributed by atoms with Gasteiger partial charge in [-0.3, -0.25) is 13.7 Å². The summed E-state index contributed by atoms with van der Waals surface area (Å²) < 4.78 is 31.2. The predicted molar refractivity (Wildman–Crippen MR) is 402 cm³/mol. The van der Waals surface area contributed by atoms with Crippen LogP contribution < -0.4 is 14.2 Å². The van der Waals surface area contributed by atoms with Gasteiger partial charge >= 0.3 is 0 Å². The van der Waals surface area contributed by atoms with Gasteiger partial charge in [0, 0.05) is 51.9 Å². The van der Waals surface area contributed by atoms with Crippen LogP contribution in [-0.4, -0.2) is 47.8 Å². The average molecular weight is 1290 g/mol. The maximum Gasteiger partial charge on any atom is 0.177 e. The molecule has 0 spiro atoms. The number of hydrogen-bond donors (Lipinski definition) is 0. The quantitative estimate of drug-likeness (QED) is 0.155. The summed E-state index contributed by atoms with van der Waals surface area (Å²) in [4.78, 5) is 24.9. The van der Waals surface area contributed by atoms with Crippen molar-refractivity contribution in [3.8, 4) is 85.4 Å². The maximum absolute atomic E-state index is 6.67. The third kappa shape index (κ3) is 8.51. The van der Waals surface area contributed by atoms with Crippen molar-refractivity contribution >= 4 is 98.5 Å². The zero-order valence-electron chi connectivity index (χ0n) is 54.8. The Hall–Kier alpha value is -13.1. The lowest BCUT2D eigenvalue weighted by Gasteiger charge is -2.23. The molecule has 0 radical (unpaired) electrons. The van der Waals surface area contributed by atoms with Crippen LogP contribution in [0.1, 0.15) is 38.2 Å². The van der Waals surface area contributed by atoms with Crippen molar-refractivity contribution in [3.63, 3.8) is 0 Å². The minimum absolute atomic E-state index is 0.769. The van der Waals surface area contributed by atoms with Gasteiger partial charge in [0.15, 0.2) is 34.5 Å². The van der Waals surface area contributed by atoms with E-state index in [1.165, 1.54) is 54.4 Å². The monoisotopic (exact) mass is 1290 g/mol. The van der Waals surface area contributed by atoms with E-state index >= 15 is 0 Å². The molecule has 3 aliphatic heterocycles. The molecule has 0 fully saturated rings. The van der Waals surface area contributed by atoms with E-state index in [4.69, 9.17) is 39.1 Å². The van der Waals surface area contributed by atoms with Crippen LogP contribution in [0.3, 0.4) is 0 Å². The molecule has 0 unspecified atom stereocenters. The first-order chi connectivity index (χ1) is 49.5. The Balaban J connectivity index is 0.000000101. The van der Waals surface area contributed by atoms with Crippen molar-refractivity contribution in [2.75, 3.05) is 0 Å². The maximum atomic E-state index is 6.67. The van der Waals surface area contributed by atoms with Gasteiger partial charge in [0.1, 0.15) is 39.7 Å². The molecule has 0 bridgehead atoms. The van der Waals surface area contributed by atoms with Gasteiger partial charge in [0.2, 0.25) is 0 Å². The lowest BCUT2D eigenvalue weighted by atomic mass is 10.0. The van der Waals surface area contributed by atoms with Crippen molar-refractivity contribution in [1.82, 2.24) is 47.8 Å². The van der Waals surface area contributed by atoms with E-state index in [1.807, 2.05) is 84.9 Å². The Morgan fingerprint density at radius 3 is 1.20 bits per heavy atom. The highest BCUT2D eigenvalue weighted by molar-refractivity contribution is 6.21. The first kappa shape index (κ1) is 57.1. The highest BCUT2D eigenvalue weighted by Gasteiger charge is 2.32. The highest BCUT2D eigenvalue weighted by atomic mass is 16.5. The third-order valence-corrected chi connectivity index (χ3v) is 19.9. The molecule has 0 N–H and O–H groups in total. The van der Waals surface area contributed by atoms with Gasteiger partial charge in [-0.05, 0) is 120 Å². The van der Waals surface area contributed by atoms with E-state index in [0.29, 0.717) is 0 Å². The van der Waals surface area contributed by atoms with Gasteiger partial charge in [0.05, 0.1) is 83.8 Å². The Labute approximate surface area is 573 Å². The minimum Gasteiger partial charge on any atom is -0.452 e. The molecule has 13 aromatic carbocycles. The normalized spacial score (nSPS) is 12.3. The van der Waals surface area contributed by atoms with Gasteiger partial charge in [-0.1, -0.05) is 185 Å². The molecule has 100 heavy (non-hydrogen) atoms. The van der Waals surface area contributed by atoms with Gasteiger partial charge in [-0.2, -0.15) is 0 Å². The van der Waals surface area contributed by atoms with Crippen LogP contribution >= 0.6 is 0 Å². The Morgan fingerprint density at radius 1 is 0.270 bits per heavy atom. The largest absolute Gasteiger partial charge is 0.452 e. The summed E-state index contributed by atoms with van der Waals surface area (Å²) in [7, 11) is 0. The lowest BCUT2D eigenvalue weighted by molar-refractivity contribution is 0.472. The standard InChI is InChI=1S/C31H21N3O.C29H20N4O.C27H19N3O/c1-2-28-32-22-16-18-26(31-30(22)34(28)24-13-7-8-14-27(24)35-31)33-23-12-6-5-11-21(23)29-20-10-4-3-9-19(20)15-17-25(29)33;1-2-25-30-22-17-16-19(29-28(22)33(25)23-14-8-9-15-24(23)34-29)27-26(18-10-4-3-5-11-18)31-20-12-6-7-13-21(20)32-27;1-2-25-28-19-15-16-23(27-26(19)30(25)22-13-7-8-14-24(22)31-27)29-20-11-5-3-9-17(20)18-10-4-6-12-21(18)29/h3-18H,2H2,1H3;3-17H,2H2,1H3;3-16H,2H2,1H3. The van der Waals surface area contributed by atoms with E-state index in [9.17, 15) is 0 Å². The van der Waals surface area contributed by atoms with Gasteiger partial charge in [-0.25, -0.2) is 24.9 Å². The Bertz CT molecular complexity index is 6560. The van der Waals surface area contributed by atoms with Crippen LogP contribution in [0.4, 0.5) is 0 Å². The van der Waals surface area contributed by atoms with Crippen molar-refractivity contribution in [3.05, 3.63) is 290 Å². The number of aromatic nitrogens is 10. The molecule has 22 rings (SSSR count). The summed E-state index contributed by atoms with van der Waals surface area (Å²) in [5, 5.41) is 7.50. The van der Waals surface area contributed by atoms with Crippen LogP contribution in [0.25, 0.3) is 149 Å². The Kier molecular flexibility index (Phi) is 12.8. The molecule has 13 nitrogen and oxygen atoms in total. The van der Waals surface area contributed by atoms with Crippen molar-refractivity contribution < 1.29 is 14.2 Å². The van der Waals surface area contributed by atoms with E-state index < -0.39 is 0 Å². The van der Waals surface area contributed by atoms with Crippen LogP contribution in [0, 0.1) is 0 Å². The molecule has 0 saturated heterocycles. The molecule has 13 heteroatoms. The summed E-state index contributed by atoms with van der Waals surface area (Å²) in [6.07, 6.45) is 2.52. The zero-order valence-corrected chi connectivity index (χ0v) is 54.8. The van der Waals surface area contributed by atoms with E-state index in [2.05, 4.69) is 232 Å². The summed E-state index contributed by atoms with van der Waals surface area (Å²) >= 11 is 0. The summed E-state index contributed by atoms with van der Waals surface area (Å²) in [5.41, 5.74) is 21.0. The smallest absolute Gasteiger partial charge is 0.177 e. The van der Waals surface area contributed by atoms with Crippen molar-refractivity contribution in [2.45, 2.75) is 40.0 Å². The number of benzene rings is 13. The minimum atomic E-state index is 0.769. The molecule has 476 valence electrons. The number of aryl methyl sites for hydroxylation is 3. The molecule has 19 aromatic rings. The zero-order chi connectivity index (χ0) is 66.3. The van der Waals surface area contributed by atoms with Crippen LogP contribution in [0.5, 0.6) is 34.5 Å².